The van der Waals surface area contributed by atoms with Gasteiger partial charge in [0.2, 0.25) is 12.3 Å². The maximum Gasteiger partial charge on any atom is 0.247 e. The van der Waals surface area contributed by atoms with Crippen LogP contribution in [-0.2, 0) is 0 Å². The summed E-state index contributed by atoms with van der Waals surface area (Å²) in [6.07, 6.45) is 9.25. The summed E-state index contributed by atoms with van der Waals surface area (Å²) in [6, 6.07) is 8.09. The van der Waals surface area contributed by atoms with E-state index in [4.69, 9.17) is 4.42 Å². The number of rotatable bonds is 9. The first kappa shape index (κ1) is 14.6. The van der Waals surface area contributed by atoms with Crippen molar-refractivity contribution in [3.8, 4) is 11.5 Å². The van der Waals surface area contributed by atoms with E-state index in [1.807, 2.05) is 18.2 Å². The smallest absolute Gasteiger partial charge is 0.247 e. The number of nitrogens with zero attached hydrogens (tertiary/aromatic N) is 2. The van der Waals surface area contributed by atoms with Crippen LogP contribution in [0.3, 0.4) is 0 Å². The van der Waals surface area contributed by atoms with Crippen LogP contribution in [0.5, 0.6) is 0 Å². The molecule has 0 aliphatic rings. The van der Waals surface area contributed by atoms with Crippen LogP contribution in [0, 0.1) is 0 Å². The first-order valence-corrected chi connectivity index (χ1v) is 7.50. The summed E-state index contributed by atoms with van der Waals surface area (Å²) in [5.41, 5.74) is 2.06. The molecule has 0 fully saturated rings. The summed E-state index contributed by atoms with van der Waals surface area (Å²) in [7, 11) is 0. The largest absolute Gasteiger partial charge is 0.423 e. The van der Waals surface area contributed by atoms with Crippen LogP contribution in [0.2, 0.25) is 0 Å². The highest BCUT2D eigenvalue weighted by Gasteiger charge is 2.03. The molecule has 0 bridgehead atoms. The van der Waals surface area contributed by atoms with Crippen molar-refractivity contribution < 1.29 is 4.42 Å². The second kappa shape index (κ2) is 8.35. The van der Waals surface area contributed by atoms with Gasteiger partial charge in [-0.15, -0.1) is 10.2 Å². The third-order valence-electron chi connectivity index (χ3n) is 3.33. The van der Waals surface area contributed by atoms with Crippen molar-refractivity contribution in [1.29, 1.82) is 0 Å². The van der Waals surface area contributed by atoms with Crippen LogP contribution in [0.15, 0.2) is 35.1 Å². The average molecular weight is 273 g/mol. The van der Waals surface area contributed by atoms with Crippen molar-refractivity contribution in [3.63, 3.8) is 0 Å². The molecule has 1 aromatic carbocycles. The lowest BCUT2D eigenvalue weighted by atomic mass is 10.1. The van der Waals surface area contributed by atoms with Crippen LogP contribution in [0.4, 0.5) is 5.69 Å². The normalized spacial score (nSPS) is 10.7. The highest BCUT2D eigenvalue weighted by molar-refractivity contribution is 5.60. The van der Waals surface area contributed by atoms with Gasteiger partial charge in [0.1, 0.15) is 0 Å². The first-order chi connectivity index (χ1) is 9.90. The minimum absolute atomic E-state index is 0.563. The zero-order valence-electron chi connectivity index (χ0n) is 12.1. The highest BCUT2D eigenvalue weighted by atomic mass is 16.4. The van der Waals surface area contributed by atoms with E-state index in [9.17, 15) is 0 Å². The predicted octanol–water partition coefficient (Wildman–Crippen LogP) is 4.51. The van der Waals surface area contributed by atoms with Crippen LogP contribution in [0.1, 0.15) is 45.4 Å². The molecule has 1 N–H and O–H groups in total. The van der Waals surface area contributed by atoms with Crippen LogP contribution < -0.4 is 5.32 Å². The minimum atomic E-state index is 0.563. The number of hydrogen-bond donors (Lipinski definition) is 1. The zero-order chi connectivity index (χ0) is 14.0. The molecular weight excluding hydrogens is 250 g/mol. The number of benzene rings is 1. The molecule has 108 valence electrons. The van der Waals surface area contributed by atoms with Gasteiger partial charge in [-0.1, -0.05) is 45.1 Å². The number of nitrogens with one attached hydrogen (secondary N) is 1. The van der Waals surface area contributed by atoms with Crippen LogP contribution in [0.25, 0.3) is 11.5 Å². The molecule has 1 heterocycles. The molecule has 0 radical (unpaired) electrons. The predicted molar refractivity (Wildman–Crippen MR) is 81.6 cm³/mol. The Bertz CT molecular complexity index is 482. The second-order valence-corrected chi connectivity index (χ2v) is 5.02. The van der Waals surface area contributed by atoms with Gasteiger partial charge in [0.25, 0.3) is 0 Å². The molecular formula is C16H23N3O. The van der Waals surface area contributed by atoms with E-state index in [1.165, 1.54) is 44.9 Å². The lowest BCUT2D eigenvalue weighted by Gasteiger charge is -2.07. The summed E-state index contributed by atoms with van der Waals surface area (Å²) < 4.78 is 5.21. The lowest BCUT2D eigenvalue weighted by molar-refractivity contribution is 0.568. The Labute approximate surface area is 120 Å². The second-order valence-electron chi connectivity index (χ2n) is 5.02. The molecule has 0 saturated heterocycles. The zero-order valence-corrected chi connectivity index (χ0v) is 12.1. The quantitative estimate of drug-likeness (QED) is 0.683. The number of hydrogen-bond acceptors (Lipinski definition) is 4. The third kappa shape index (κ3) is 4.68. The van der Waals surface area contributed by atoms with Crippen molar-refractivity contribution in [2.24, 2.45) is 0 Å². The molecule has 0 aliphatic carbocycles. The van der Waals surface area contributed by atoms with Gasteiger partial charge in [0.05, 0.1) is 0 Å². The fraction of sp³-hybridized carbons (Fsp3) is 0.500. The van der Waals surface area contributed by atoms with Gasteiger partial charge in [-0.25, -0.2) is 0 Å². The molecule has 4 nitrogen and oxygen atoms in total. The van der Waals surface area contributed by atoms with Gasteiger partial charge in [-0.05, 0) is 24.6 Å². The number of aromatic nitrogens is 2. The Morgan fingerprint density at radius 1 is 1.10 bits per heavy atom. The summed E-state index contributed by atoms with van der Waals surface area (Å²) in [5, 5.41) is 11.1. The Morgan fingerprint density at radius 2 is 1.95 bits per heavy atom. The van der Waals surface area contributed by atoms with Gasteiger partial charge < -0.3 is 9.73 Å². The molecule has 0 spiro atoms. The molecule has 2 aromatic rings. The van der Waals surface area contributed by atoms with Crippen molar-refractivity contribution >= 4 is 5.69 Å². The van der Waals surface area contributed by atoms with E-state index in [2.05, 4.69) is 28.5 Å². The van der Waals surface area contributed by atoms with Crippen LogP contribution >= 0.6 is 0 Å². The topological polar surface area (TPSA) is 51.0 Å². The molecule has 4 heteroatoms. The van der Waals surface area contributed by atoms with E-state index >= 15 is 0 Å². The Balaban J connectivity index is 1.72. The molecule has 1 aromatic heterocycles. The summed E-state index contributed by atoms with van der Waals surface area (Å²) in [5.74, 6) is 0.563. The molecule has 0 atom stereocenters. The van der Waals surface area contributed by atoms with Gasteiger partial charge in [-0.2, -0.15) is 0 Å². The number of unbranched alkanes of at least 4 members (excludes halogenated alkanes) is 5. The first-order valence-electron chi connectivity index (χ1n) is 7.50. The maximum atomic E-state index is 5.21. The van der Waals surface area contributed by atoms with Gasteiger partial charge in [-0.3, -0.25) is 0 Å². The van der Waals surface area contributed by atoms with Gasteiger partial charge >= 0.3 is 0 Å². The summed E-state index contributed by atoms with van der Waals surface area (Å²) >= 11 is 0. The van der Waals surface area contributed by atoms with Crippen molar-refractivity contribution in [2.75, 3.05) is 11.9 Å². The Morgan fingerprint density at radius 3 is 2.75 bits per heavy atom. The number of anilines is 1. The van der Waals surface area contributed by atoms with Crippen molar-refractivity contribution in [2.45, 2.75) is 45.4 Å². The SMILES string of the molecule is CCCCCCCCNc1cccc(-c2nnco2)c1. The molecule has 2 rings (SSSR count). The maximum absolute atomic E-state index is 5.21. The fourth-order valence-electron chi connectivity index (χ4n) is 2.20. The van der Waals surface area contributed by atoms with Crippen LogP contribution in [-0.4, -0.2) is 16.7 Å². The molecule has 0 saturated carbocycles. The minimum Gasteiger partial charge on any atom is -0.423 e. The fourth-order valence-corrected chi connectivity index (χ4v) is 2.20. The Kier molecular flexibility index (Phi) is 6.08. The lowest BCUT2D eigenvalue weighted by Crippen LogP contribution is -2.01. The van der Waals surface area contributed by atoms with E-state index in [-0.39, 0.29) is 0 Å². The van der Waals surface area contributed by atoms with Crippen molar-refractivity contribution in [3.05, 3.63) is 30.7 Å². The van der Waals surface area contributed by atoms with E-state index in [0.717, 1.165) is 17.8 Å². The molecule has 0 unspecified atom stereocenters. The molecule has 20 heavy (non-hydrogen) atoms. The molecule has 0 aliphatic heterocycles. The van der Waals surface area contributed by atoms with E-state index < -0.39 is 0 Å². The van der Waals surface area contributed by atoms with Gasteiger partial charge in [0, 0.05) is 17.8 Å². The van der Waals surface area contributed by atoms with E-state index in [1.54, 1.807) is 0 Å². The van der Waals surface area contributed by atoms with E-state index in [0.29, 0.717) is 5.89 Å². The Hall–Kier alpha value is -1.84. The average Bonchev–Trinajstić information content (AvgIpc) is 3.01. The molecule has 0 amide bonds. The highest BCUT2D eigenvalue weighted by Crippen LogP contribution is 2.20. The van der Waals surface area contributed by atoms with Crippen molar-refractivity contribution in [1.82, 2.24) is 10.2 Å². The third-order valence-corrected chi connectivity index (χ3v) is 3.33. The summed E-state index contributed by atoms with van der Waals surface area (Å²) in [4.78, 5) is 0. The van der Waals surface area contributed by atoms with Gasteiger partial charge in [0.15, 0.2) is 0 Å². The monoisotopic (exact) mass is 273 g/mol. The summed E-state index contributed by atoms with van der Waals surface area (Å²) in [6.45, 7) is 3.26. The standard InChI is InChI=1S/C16H23N3O/c1-2-3-4-5-6-7-11-17-15-10-8-9-14(12-15)16-19-18-13-20-16/h8-10,12-13,17H,2-7,11H2,1H3.